The van der Waals surface area contributed by atoms with Crippen molar-refractivity contribution in [3.05, 3.63) is 29.7 Å². The number of alkyl carbamates (subject to hydrolysis) is 1. The predicted octanol–water partition coefficient (Wildman–Crippen LogP) is 4.42. The maximum Gasteiger partial charge on any atom is 0.408 e. The lowest BCUT2D eigenvalue weighted by atomic mass is 10.2. The number of nitrogens with one attached hydrogen (secondary N) is 1. The highest BCUT2D eigenvalue weighted by atomic mass is 16.6. The second kappa shape index (κ2) is 9.51. The van der Waals surface area contributed by atoms with Gasteiger partial charge in [-0.25, -0.2) is 14.6 Å². The van der Waals surface area contributed by atoms with E-state index in [1.807, 2.05) is 13.8 Å². The summed E-state index contributed by atoms with van der Waals surface area (Å²) in [5.41, 5.74) is -0.468. The van der Waals surface area contributed by atoms with Crippen LogP contribution in [0.3, 0.4) is 0 Å². The van der Waals surface area contributed by atoms with Crippen molar-refractivity contribution in [1.82, 2.24) is 10.3 Å². The summed E-state index contributed by atoms with van der Waals surface area (Å²) >= 11 is 0. The first-order chi connectivity index (χ1) is 14.1. The third kappa shape index (κ3) is 5.88. The normalized spacial score (nSPS) is 12.2. The summed E-state index contributed by atoms with van der Waals surface area (Å²) in [6.45, 7) is 11.4. The molecule has 2 rings (SSSR count). The number of carboxylic acids is 1. The molecule has 0 saturated heterocycles. The van der Waals surface area contributed by atoms with Gasteiger partial charge in [-0.15, -0.1) is 0 Å². The molecule has 164 valence electrons. The summed E-state index contributed by atoms with van der Waals surface area (Å²) < 4.78 is 22.1. The number of carbonyl (C=O) groups excluding carboxylic acids is 1. The standard InChI is InChI=1S/C21H28N2O7/c1-7-27-14-10-9-13(11-15(14)28-8-2)18-23-16(19(24)25)17(29-18)12(3)22-20(26)30-21(4,5)6/h9-12H,7-8H2,1-6H3,(H,22,26)(H,24,25)/t12-/m0/s1. The molecule has 0 aliphatic carbocycles. The van der Waals surface area contributed by atoms with Gasteiger partial charge in [0.15, 0.2) is 23.0 Å². The minimum Gasteiger partial charge on any atom is -0.490 e. The number of rotatable bonds is 8. The van der Waals surface area contributed by atoms with Crippen molar-refractivity contribution >= 4 is 12.1 Å². The zero-order valence-electron chi connectivity index (χ0n) is 18.1. The quantitative estimate of drug-likeness (QED) is 0.644. The lowest BCUT2D eigenvalue weighted by Gasteiger charge is -2.21. The molecule has 0 aliphatic rings. The first-order valence-corrected chi connectivity index (χ1v) is 9.69. The Balaban J connectivity index is 2.36. The molecule has 2 aromatic rings. The third-order valence-corrected chi connectivity index (χ3v) is 3.77. The molecule has 1 atom stereocenters. The molecule has 1 amide bonds. The minimum absolute atomic E-state index is 0.00945. The molecule has 0 saturated carbocycles. The maximum atomic E-state index is 12.0. The van der Waals surface area contributed by atoms with Gasteiger partial charge in [-0.1, -0.05) is 0 Å². The summed E-state index contributed by atoms with van der Waals surface area (Å²) in [5.74, 6) is -0.116. The number of benzene rings is 1. The minimum atomic E-state index is -1.27. The fourth-order valence-corrected chi connectivity index (χ4v) is 2.64. The Kier molecular flexibility index (Phi) is 7.31. The lowest BCUT2D eigenvalue weighted by molar-refractivity contribution is 0.0498. The monoisotopic (exact) mass is 420 g/mol. The molecular formula is C21H28N2O7. The largest absolute Gasteiger partial charge is 0.490 e. The number of hydrogen-bond acceptors (Lipinski definition) is 7. The highest BCUT2D eigenvalue weighted by Crippen LogP contribution is 2.34. The Morgan fingerprint density at radius 3 is 2.37 bits per heavy atom. The van der Waals surface area contributed by atoms with E-state index in [9.17, 15) is 14.7 Å². The highest BCUT2D eigenvalue weighted by molar-refractivity contribution is 5.87. The second-order valence-electron chi connectivity index (χ2n) is 7.43. The van der Waals surface area contributed by atoms with Crippen LogP contribution in [0.25, 0.3) is 11.5 Å². The molecule has 9 nitrogen and oxygen atoms in total. The van der Waals surface area contributed by atoms with Gasteiger partial charge >= 0.3 is 12.1 Å². The molecule has 0 aliphatic heterocycles. The number of carboxylic acid groups (broad SMARTS) is 1. The van der Waals surface area contributed by atoms with Crippen LogP contribution in [0.2, 0.25) is 0 Å². The van der Waals surface area contributed by atoms with E-state index in [2.05, 4.69) is 10.3 Å². The van der Waals surface area contributed by atoms with Crippen LogP contribution in [-0.4, -0.2) is 41.0 Å². The van der Waals surface area contributed by atoms with Gasteiger partial charge in [-0.05, 0) is 59.7 Å². The van der Waals surface area contributed by atoms with E-state index >= 15 is 0 Å². The van der Waals surface area contributed by atoms with Gasteiger partial charge in [0, 0.05) is 5.56 Å². The Morgan fingerprint density at radius 1 is 1.17 bits per heavy atom. The Morgan fingerprint density at radius 2 is 1.80 bits per heavy atom. The van der Waals surface area contributed by atoms with Gasteiger partial charge in [-0.3, -0.25) is 0 Å². The molecule has 2 N–H and O–H groups in total. The molecule has 1 aromatic carbocycles. The van der Waals surface area contributed by atoms with Crippen molar-refractivity contribution in [2.45, 2.75) is 53.2 Å². The molecule has 0 unspecified atom stereocenters. The second-order valence-corrected chi connectivity index (χ2v) is 7.43. The molecular weight excluding hydrogens is 392 g/mol. The summed E-state index contributed by atoms with van der Waals surface area (Å²) in [4.78, 5) is 27.8. The highest BCUT2D eigenvalue weighted by Gasteiger charge is 2.27. The van der Waals surface area contributed by atoms with E-state index in [-0.39, 0.29) is 17.3 Å². The van der Waals surface area contributed by atoms with Gasteiger partial charge in [0.25, 0.3) is 0 Å². The molecule has 0 fully saturated rings. The number of nitrogens with zero attached hydrogens (tertiary/aromatic N) is 1. The first-order valence-electron chi connectivity index (χ1n) is 9.69. The molecule has 9 heteroatoms. The third-order valence-electron chi connectivity index (χ3n) is 3.77. The van der Waals surface area contributed by atoms with Gasteiger partial charge in [0.05, 0.1) is 19.3 Å². The summed E-state index contributed by atoms with van der Waals surface area (Å²) in [6, 6.07) is 4.29. The number of carbonyl (C=O) groups is 2. The summed E-state index contributed by atoms with van der Waals surface area (Å²) in [7, 11) is 0. The van der Waals surface area contributed by atoms with Crippen LogP contribution in [0.5, 0.6) is 11.5 Å². The molecule has 30 heavy (non-hydrogen) atoms. The van der Waals surface area contributed by atoms with Crippen LogP contribution in [0.15, 0.2) is 22.6 Å². The number of aromatic nitrogens is 1. The first kappa shape index (κ1) is 23.1. The van der Waals surface area contributed by atoms with Crippen LogP contribution >= 0.6 is 0 Å². The van der Waals surface area contributed by atoms with Gasteiger partial charge in [-0.2, -0.15) is 0 Å². The number of aromatic carboxylic acids is 1. The van der Waals surface area contributed by atoms with Crippen LogP contribution < -0.4 is 14.8 Å². The number of hydrogen-bond donors (Lipinski definition) is 2. The number of oxazole rings is 1. The van der Waals surface area contributed by atoms with Crippen molar-refractivity contribution < 1.29 is 33.3 Å². The van der Waals surface area contributed by atoms with E-state index in [4.69, 9.17) is 18.6 Å². The molecule has 1 aromatic heterocycles. The SMILES string of the molecule is CCOc1ccc(-c2nc(C(=O)O)c([C@H](C)NC(=O)OC(C)(C)C)o2)cc1OCC. The van der Waals surface area contributed by atoms with E-state index in [0.29, 0.717) is 30.3 Å². The fourth-order valence-electron chi connectivity index (χ4n) is 2.64. The number of amides is 1. The van der Waals surface area contributed by atoms with E-state index in [1.54, 1.807) is 45.9 Å². The molecule has 0 bridgehead atoms. The molecule has 0 radical (unpaired) electrons. The Bertz CT molecular complexity index is 899. The maximum absolute atomic E-state index is 12.0. The fraction of sp³-hybridized carbons (Fsp3) is 0.476. The van der Waals surface area contributed by atoms with E-state index in [0.717, 1.165) is 0 Å². The lowest BCUT2D eigenvalue weighted by Crippen LogP contribution is -2.34. The van der Waals surface area contributed by atoms with Gasteiger partial charge in [0.2, 0.25) is 5.89 Å². The average molecular weight is 420 g/mol. The Hall–Kier alpha value is -3.23. The van der Waals surface area contributed by atoms with Crippen molar-refractivity contribution in [2.24, 2.45) is 0 Å². The van der Waals surface area contributed by atoms with Crippen molar-refractivity contribution in [3.8, 4) is 23.0 Å². The smallest absolute Gasteiger partial charge is 0.408 e. The topological polar surface area (TPSA) is 120 Å². The van der Waals surface area contributed by atoms with Gasteiger partial charge < -0.3 is 29.1 Å². The predicted molar refractivity (Wildman–Crippen MR) is 109 cm³/mol. The Labute approximate surface area is 175 Å². The zero-order valence-corrected chi connectivity index (χ0v) is 18.1. The van der Waals surface area contributed by atoms with Crippen LogP contribution in [-0.2, 0) is 4.74 Å². The number of ether oxygens (including phenoxy) is 3. The van der Waals surface area contributed by atoms with Crippen molar-refractivity contribution in [2.75, 3.05) is 13.2 Å². The van der Waals surface area contributed by atoms with Crippen molar-refractivity contribution in [3.63, 3.8) is 0 Å². The molecule has 0 spiro atoms. The zero-order chi connectivity index (χ0) is 22.5. The van der Waals surface area contributed by atoms with E-state index < -0.39 is 23.7 Å². The van der Waals surface area contributed by atoms with Crippen LogP contribution in [0.1, 0.15) is 63.8 Å². The van der Waals surface area contributed by atoms with Crippen LogP contribution in [0, 0.1) is 0 Å². The summed E-state index contributed by atoms with van der Waals surface area (Å²) in [5, 5.41) is 12.1. The van der Waals surface area contributed by atoms with Gasteiger partial charge in [0.1, 0.15) is 5.60 Å². The average Bonchev–Trinajstić information content (AvgIpc) is 3.08. The van der Waals surface area contributed by atoms with Crippen LogP contribution in [0.4, 0.5) is 4.79 Å². The van der Waals surface area contributed by atoms with E-state index in [1.165, 1.54) is 0 Å². The summed E-state index contributed by atoms with van der Waals surface area (Å²) in [6.07, 6.45) is -0.691. The molecule has 1 heterocycles. The van der Waals surface area contributed by atoms with Crippen molar-refractivity contribution in [1.29, 1.82) is 0 Å².